The van der Waals surface area contributed by atoms with Crippen LogP contribution in [0.2, 0.25) is 0 Å². The van der Waals surface area contributed by atoms with E-state index >= 15 is 0 Å². The second kappa shape index (κ2) is 10.3. The molecule has 6 nitrogen and oxygen atoms in total. The van der Waals surface area contributed by atoms with Gasteiger partial charge in [-0.15, -0.1) is 0 Å². The van der Waals surface area contributed by atoms with Crippen LogP contribution < -0.4 is 9.80 Å². The molecular weight excluding hydrogens is 455 g/mol. The number of aromatic nitrogens is 1. The Morgan fingerprint density at radius 3 is 2.19 bits per heavy atom. The minimum atomic E-state index is -0.217. The molecule has 5 rings (SSSR count). The summed E-state index contributed by atoms with van der Waals surface area (Å²) in [7, 11) is 0. The van der Waals surface area contributed by atoms with E-state index in [1.165, 1.54) is 17.2 Å². The lowest BCUT2D eigenvalue weighted by Gasteiger charge is -2.36. The smallest absolute Gasteiger partial charge is 0.270 e. The van der Waals surface area contributed by atoms with Crippen molar-refractivity contribution >= 4 is 17.3 Å². The van der Waals surface area contributed by atoms with Crippen LogP contribution in [0.4, 0.5) is 15.8 Å². The standard InChI is InChI=1S/C29H35FN4O2/c1-21-8-10-24(11-9-21)20-34-23(3)27(32-16-18-36-19-17-32)22(2)28(34)29(35)33-14-12-31(13-15-33)26-7-5-4-6-25(26)30/h4-11H,12-20H2,1-3H3. The van der Waals surface area contributed by atoms with Gasteiger partial charge in [-0.2, -0.15) is 0 Å². The summed E-state index contributed by atoms with van der Waals surface area (Å²) in [6.07, 6.45) is 0. The number of hydrogen-bond acceptors (Lipinski definition) is 4. The largest absolute Gasteiger partial charge is 0.378 e. The van der Waals surface area contributed by atoms with Gasteiger partial charge in [0, 0.05) is 57.1 Å². The molecule has 1 amide bonds. The number of hydrogen-bond donors (Lipinski definition) is 0. The Labute approximate surface area is 212 Å². The molecule has 2 aromatic carbocycles. The average Bonchev–Trinajstić information content (AvgIpc) is 3.14. The van der Waals surface area contributed by atoms with Gasteiger partial charge < -0.3 is 24.0 Å². The number of amides is 1. The van der Waals surface area contributed by atoms with Crippen LogP contribution in [0, 0.1) is 26.6 Å². The summed E-state index contributed by atoms with van der Waals surface area (Å²) in [4.78, 5) is 20.3. The Morgan fingerprint density at radius 1 is 0.861 bits per heavy atom. The first-order chi connectivity index (χ1) is 17.4. The van der Waals surface area contributed by atoms with Crippen molar-refractivity contribution in [3.8, 4) is 0 Å². The lowest BCUT2D eigenvalue weighted by atomic mass is 10.1. The van der Waals surface area contributed by atoms with Crippen molar-refractivity contribution in [2.45, 2.75) is 27.3 Å². The first-order valence-corrected chi connectivity index (χ1v) is 12.8. The molecule has 2 saturated heterocycles. The minimum absolute atomic E-state index is 0.0513. The van der Waals surface area contributed by atoms with Crippen molar-refractivity contribution in [2.75, 3.05) is 62.3 Å². The van der Waals surface area contributed by atoms with Crippen LogP contribution in [0.3, 0.4) is 0 Å². The third kappa shape index (κ3) is 4.72. The minimum Gasteiger partial charge on any atom is -0.378 e. The summed E-state index contributed by atoms with van der Waals surface area (Å²) < 4.78 is 22.1. The summed E-state index contributed by atoms with van der Waals surface area (Å²) in [6, 6.07) is 15.4. The van der Waals surface area contributed by atoms with Gasteiger partial charge >= 0.3 is 0 Å². The number of carbonyl (C=O) groups excluding carboxylic acids is 1. The third-order valence-corrected chi connectivity index (χ3v) is 7.48. The SMILES string of the molecule is Cc1ccc(Cn2c(C)c(N3CCOCC3)c(C)c2C(=O)N2CCN(c3ccccc3F)CC2)cc1. The van der Waals surface area contributed by atoms with Crippen LogP contribution in [-0.2, 0) is 11.3 Å². The number of halogens is 1. The van der Waals surface area contributed by atoms with E-state index in [-0.39, 0.29) is 11.7 Å². The Balaban J connectivity index is 1.44. The maximum Gasteiger partial charge on any atom is 0.270 e. The third-order valence-electron chi connectivity index (χ3n) is 7.48. The van der Waals surface area contributed by atoms with E-state index in [9.17, 15) is 9.18 Å². The first kappa shape index (κ1) is 24.4. The Bertz CT molecular complexity index is 1220. The molecule has 1 aromatic heterocycles. The highest BCUT2D eigenvalue weighted by Crippen LogP contribution is 2.33. The fourth-order valence-corrected chi connectivity index (χ4v) is 5.49. The number of anilines is 2. The highest BCUT2D eigenvalue weighted by molar-refractivity contribution is 5.97. The number of nitrogens with zero attached hydrogens (tertiary/aromatic N) is 4. The van der Waals surface area contributed by atoms with Gasteiger partial charge in [-0.3, -0.25) is 4.79 Å². The fourth-order valence-electron chi connectivity index (χ4n) is 5.49. The van der Waals surface area contributed by atoms with Gasteiger partial charge in [0.25, 0.3) is 5.91 Å². The Morgan fingerprint density at radius 2 is 1.53 bits per heavy atom. The normalized spacial score (nSPS) is 16.5. The fraction of sp³-hybridized carbons (Fsp3) is 0.414. The van der Waals surface area contributed by atoms with Crippen LogP contribution in [0.25, 0.3) is 0 Å². The van der Waals surface area contributed by atoms with Gasteiger partial charge in [0.2, 0.25) is 0 Å². The second-order valence-electron chi connectivity index (χ2n) is 9.81. The summed E-state index contributed by atoms with van der Waals surface area (Å²) in [5.41, 5.74) is 7.05. The summed E-state index contributed by atoms with van der Waals surface area (Å²) in [6.45, 7) is 12.3. The molecule has 2 aliphatic rings. The molecule has 7 heteroatoms. The van der Waals surface area contributed by atoms with Crippen LogP contribution >= 0.6 is 0 Å². The zero-order valence-corrected chi connectivity index (χ0v) is 21.5. The topological polar surface area (TPSA) is 41.0 Å². The van der Waals surface area contributed by atoms with E-state index in [1.54, 1.807) is 6.07 Å². The molecule has 0 bridgehead atoms. The Kier molecular flexibility index (Phi) is 7.01. The molecule has 2 fully saturated rings. The van der Waals surface area contributed by atoms with Gasteiger partial charge in [0.05, 0.1) is 24.6 Å². The van der Waals surface area contributed by atoms with Crippen molar-refractivity contribution in [2.24, 2.45) is 0 Å². The van der Waals surface area contributed by atoms with Crippen LogP contribution in [-0.4, -0.2) is 67.9 Å². The molecule has 0 unspecified atom stereocenters. The quantitative estimate of drug-likeness (QED) is 0.532. The summed E-state index contributed by atoms with van der Waals surface area (Å²) >= 11 is 0. The van der Waals surface area contributed by atoms with Crippen LogP contribution in [0.1, 0.15) is 32.9 Å². The average molecular weight is 491 g/mol. The van der Waals surface area contributed by atoms with Crippen LogP contribution in [0.5, 0.6) is 0 Å². The molecule has 190 valence electrons. The number of morpholine rings is 1. The molecule has 3 aromatic rings. The molecule has 0 aliphatic carbocycles. The van der Waals surface area contributed by atoms with Gasteiger partial charge in [-0.05, 0) is 38.5 Å². The zero-order chi connectivity index (χ0) is 25.2. The molecule has 0 radical (unpaired) electrons. The number of benzene rings is 2. The molecule has 36 heavy (non-hydrogen) atoms. The van der Waals surface area contributed by atoms with Crippen molar-refractivity contribution in [1.82, 2.24) is 9.47 Å². The van der Waals surface area contributed by atoms with Crippen molar-refractivity contribution in [3.63, 3.8) is 0 Å². The number of carbonyl (C=O) groups is 1. The first-order valence-electron chi connectivity index (χ1n) is 12.8. The lowest BCUT2D eigenvalue weighted by molar-refractivity contribution is 0.0735. The predicted octanol–water partition coefficient (Wildman–Crippen LogP) is 4.40. The second-order valence-corrected chi connectivity index (χ2v) is 9.81. The van der Waals surface area contributed by atoms with Gasteiger partial charge in [0.15, 0.2) is 0 Å². The van der Waals surface area contributed by atoms with Gasteiger partial charge in [-0.1, -0.05) is 42.0 Å². The van der Waals surface area contributed by atoms with E-state index in [0.29, 0.717) is 51.6 Å². The molecule has 0 spiro atoms. The number of ether oxygens (including phenoxy) is 1. The van der Waals surface area contributed by atoms with Gasteiger partial charge in [0.1, 0.15) is 11.5 Å². The maximum atomic E-state index is 14.3. The van der Waals surface area contributed by atoms with E-state index in [1.807, 2.05) is 21.9 Å². The van der Waals surface area contributed by atoms with Crippen molar-refractivity contribution in [1.29, 1.82) is 0 Å². The number of para-hydroxylation sites is 1. The highest BCUT2D eigenvalue weighted by atomic mass is 19.1. The van der Waals surface area contributed by atoms with Gasteiger partial charge in [-0.25, -0.2) is 4.39 Å². The molecule has 0 saturated carbocycles. The number of aryl methyl sites for hydroxylation is 1. The maximum absolute atomic E-state index is 14.3. The van der Waals surface area contributed by atoms with E-state index < -0.39 is 0 Å². The summed E-state index contributed by atoms with van der Waals surface area (Å²) in [5, 5.41) is 0. The number of piperazine rings is 1. The highest BCUT2D eigenvalue weighted by Gasteiger charge is 2.31. The van der Waals surface area contributed by atoms with Crippen molar-refractivity contribution < 1.29 is 13.9 Å². The van der Waals surface area contributed by atoms with E-state index in [2.05, 4.69) is 54.5 Å². The molecule has 2 aliphatic heterocycles. The molecule has 0 atom stereocenters. The molecular formula is C29H35FN4O2. The lowest BCUT2D eigenvalue weighted by Crippen LogP contribution is -2.49. The molecule has 0 N–H and O–H groups in total. The summed E-state index contributed by atoms with van der Waals surface area (Å²) in [5.74, 6) is -0.165. The predicted molar refractivity (Wildman–Crippen MR) is 142 cm³/mol. The Hall–Kier alpha value is -3.32. The zero-order valence-electron chi connectivity index (χ0n) is 21.5. The monoisotopic (exact) mass is 490 g/mol. The van der Waals surface area contributed by atoms with Crippen molar-refractivity contribution in [3.05, 3.63) is 82.4 Å². The van der Waals surface area contributed by atoms with E-state index in [4.69, 9.17) is 4.74 Å². The van der Waals surface area contributed by atoms with Crippen LogP contribution in [0.15, 0.2) is 48.5 Å². The molecule has 3 heterocycles. The van der Waals surface area contributed by atoms with E-state index in [0.717, 1.165) is 35.7 Å². The number of rotatable bonds is 5.